The lowest BCUT2D eigenvalue weighted by molar-refractivity contribution is 0.620. The molecule has 4 heteroatoms. The van der Waals surface area contributed by atoms with Gasteiger partial charge in [-0.1, -0.05) is 146 Å². The Morgan fingerprint density at radius 2 is 0.778 bits per heavy atom. The van der Waals surface area contributed by atoms with E-state index in [-0.39, 0.29) is 0 Å². The highest BCUT2D eigenvalue weighted by Crippen LogP contribution is 2.40. The van der Waals surface area contributed by atoms with Gasteiger partial charge < -0.3 is 9.32 Å². The van der Waals surface area contributed by atoms with Gasteiger partial charge in [-0.15, -0.1) is 11.3 Å². The first-order valence-electron chi connectivity index (χ1n) is 21.2. The number of thiophene rings is 1. The van der Waals surface area contributed by atoms with Crippen molar-refractivity contribution >= 4 is 70.4 Å². The zero-order chi connectivity index (χ0) is 41.7. The minimum absolute atomic E-state index is 0.612. The number of hydrogen-bond acceptors (Lipinski definition) is 4. The van der Waals surface area contributed by atoms with Gasteiger partial charge in [0.25, 0.3) is 0 Å². The molecule has 296 valence electrons. The summed E-state index contributed by atoms with van der Waals surface area (Å²) in [5.41, 5.74) is 15.3. The van der Waals surface area contributed by atoms with Gasteiger partial charge in [0, 0.05) is 42.8 Å². The largest absolute Gasteiger partial charge is 0.436 e. The number of nitrogens with zero attached hydrogens (tertiary/aromatic N) is 2. The van der Waals surface area contributed by atoms with Gasteiger partial charge in [-0.25, -0.2) is 4.98 Å². The zero-order valence-electron chi connectivity index (χ0n) is 34.2. The molecule has 0 radical (unpaired) electrons. The molecule has 12 aromatic rings. The number of anilines is 3. The summed E-state index contributed by atoms with van der Waals surface area (Å²) in [5, 5.41) is 5.15. The molecule has 0 spiro atoms. The molecule has 63 heavy (non-hydrogen) atoms. The molecular weight excluding hydrogens is 785 g/mol. The molecule has 10 aromatic carbocycles. The van der Waals surface area contributed by atoms with E-state index < -0.39 is 0 Å². The van der Waals surface area contributed by atoms with Crippen LogP contribution in [0.2, 0.25) is 0 Å². The molecule has 0 fully saturated rings. The maximum Gasteiger partial charge on any atom is 0.227 e. The molecule has 0 aliphatic rings. The fraction of sp³-hybridized carbons (Fsp3) is 0. The molecule has 0 aliphatic heterocycles. The highest BCUT2D eigenvalue weighted by Gasteiger charge is 2.16. The molecule has 0 saturated heterocycles. The third kappa shape index (κ3) is 6.93. The van der Waals surface area contributed by atoms with Crippen LogP contribution in [-0.2, 0) is 0 Å². The summed E-state index contributed by atoms with van der Waals surface area (Å²) in [6.07, 6.45) is 0. The van der Waals surface area contributed by atoms with Crippen molar-refractivity contribution in [2.75, 3.05) is 4.90 Å². The number of oxazole rings is 1. The summed E-state index contributed by atoms with van der Waals surface area (Å²) in [7, 11) is 0. The SMILES string of the molecule is c1ccc2cc(-c3ccc(-c4ccc(N(c5ccc(-c6ccc(-c7ccc8sc9ccccc9c8c7)cc6)cc5)c5ccc(-c6nc7ccccc7o6)cc5)cc4)cc3)ccc2c1. The molecule has 12 rings (SSSR count). The van der Waals surface area contributed by atoms with Crippen molar-refractivity contribution in [2.24, 2.45) is 0 Å². The fourth-order valence-corrected chi connectivity index (χ4v) is 9.87. The van der Waals surface area contributed by atoms with E-state index in [2.05, 4.69) is 211 Å². The van der Waals surface area contributed by atoms with Gasteiger partial charge in [0.15, 0.2) is 5.58 Å². The first-order chi connectivity index (χ1) is 31.2. The molecule has 2 heterocycles. The number of fused-ring (bicyclic) bond motifs is 5. The lowest BCUT2D eigenvalue weighted by Gasteiger charge is -2.26. The molecule has 0 atom stereocenters. The molecule has 0 unspecified atom stereocenters. The standard InChI is InChI=1S/C59H38N2OS/c1-2-8-47-37-48(22-21-39(47)7-1)44-17-13-40(14-18-44)42-23-30-50(31-24-42)61(52-34-27-46(28-35-52)59-60-55-10-4-5-11-56(55)62-59)51-32-25-43(26-33-51)41-15-19-45(20-16-41)49-29-36-58-54(38-49)53-9-3-6-12-57(53)63-58/h1-38H. The monoisotopic (exact) mass is 822 g/mol. The van der Waals surface area contributed by atoms with Gasteiger partial charge in [-0.3, -0.25) is 0 Å². The Bertz CT molecular complexity index is 3550. The minimum Gasteiger partial charge on any atom is -0.436 e. The second kappa shape index (κ2) is 15.4. The molecule has 0 bridgehead atoms. The summed E-state index contributed by atoms with van der Waals surface area (Å²) < 4.78 is 8.77. The van der Waals surface area contributed by atoms with Crippen LogP contribution in [0.5, 0.6) is 0 Å². The second-order valence-electron chi connectivity index (χ2n) is 16.0. The predicted octanol–water partition coefficient (Wildman–Crippen LogP) is 17.2. The summed E-state index contributed by atoms with van der Waals surface area (Å²) in [6, 6.07) is 82.6. The van der Waals surface area contributed by atoms with E-state index in [0.29, 0.717) is 5.89 Å². The Hall–Kier alpha value is -8.05. The van der Waals surface area contributed by atoms with Crippen LogP contribution in [0.1, 0.15) is 0 Å². The Labute approximate surface area is 369 Å². The normalized spacial score (nSPS) is 11.5. The Balaban J connectivity index is 0.844. The third-order valence-electron chi connectivity index (χ3n) is 12.1. The zero-order valence-corrected chi connectivity index (χ0v) is 35.0. The van der Waals surface area contributed by atoms with Crippen molar-refractivity contribution in [1.29, 1.82) is 0 Å². The van der Waals surface area contributed by atoms with Crippen LogP contribution < -0.4 is 4.90 Å². The highest BCUT2D eigenvalue weighted by molar-refractivity contribution is 7.25. The van der Waals surface area contributed by atoms with Crippen LogP contribution in [0.25, 0.3) is 98.0 Å². The Morgan fingerprint density at radius 1 is 0.333 bits per heavy atom. The predicted molar refractivity (Wildman–Crippen MR) is 266 cm³/mol. The van der Waals surface area contributed by atoms with E-state index in [1.807, 2.05) is 35.6 Å². The summed E-state index contributed by atoms with van der Waals surface area (Å²) >= 11 is 1.86. The maximum absolute atomic E-state index is 6.12. The maximum atomic E-state index is 6.12. The van der Waals surface area contributed by atoms with Crippen molar-refractivity contribution in [3.8, 4) is 56.0 Å². The number of aromatic nitrogens is 1. The summed E-state index contributed by atoms with van der Waals surface area (Å²) in [5.74, 6) is 0.612. The number of rotatable bonds is 8. The van der Waals surface area contributed by atoms with Gasteiger partial charge in [-0.2, -0.15) is 0 Å². The van der Waals surface area contributed by atoms with Crippen LogP contribution in [0.4, 0.5) is 17.1 Å². The van der Waals surface area contributed by atoms with Gasteiger partial charge in [0.05, 0.1) is 0 Å². The van der Waals surface area contributed by atoms with E-state index in [1.54, 1.807) is 0 Å². The highest BCUT2D eigenvalue weighted by atomic mass is 32.1. The summed E-state index contributed by atoms with van der Waals surface area (Å²) in [6.45, 7) is 0. The van der Waals surface area contributed by atoms with E-state index >= 15 is 0 Å². The molecule has 2 aromatic heterocycles. The first kappa shape index (κ1) is 36.8. The van der Waals surface area contributed by atoms with Crippen LogP contribution in [0, 0.1) is 0 Å². The first-order valence-corrected chi connectivity index (χ1v) is 22.1. The molecule has 0 aliphatic carbocycles. The fourth-order valence-electron chi connectivity index (χ4n) is 8.79. The molecule has 0 saturated carbocycles. The topological polar surface area (TPSA) is 29.3 Å². The smallest absolute Gasteiger partial charge is 0.227 e. The summed E-state index contributed by atoms with van der Waals surface area (Å²) in [4.78, 5) is 7.05. The molecule has 0 N–H and O–H groups in total. The lowest BCUT2D eigenvalue weighted by atomic mass is 9.98. The molecule has 3 nitrogen and oxygen atoms in total. The molecule has 0 amide bonds. The van der Waals surface area contributed by atoms with Crippen molar-refractivity contribution in [3.05, 3.63) is 231 Å². The van der Waals surface area contributed by atoms with Crippen LogP contribution >= 0.6 is 11.3 Å². The Kier molecular flexibility index (Phi) is 9.02. The van der Waals surface area contributed by atoms with Gasteiger partial charge in [-0.05, 0) is 140 Å². The third-order valence-corrected chi connectivity index (χ3v) is 13.3. The van der Waals surface area contributed by atoms with E-state index in [9.17, 15) is 0 Å². The number of hydrogen-bond donors (Lipinski definition) is 0. The van der Waals surface area contributed by atoms with Crippen molar-refractivity contribution in [3.63, 3.8) is 0 Å². The van der Waals surface area contributed by atoms with Crippen LogP contribution in [-0.4, -0.2) is 4.98 Å². The van der Waals surface area contributed by atoms with Crippen LogP contribution in [0.15, 0.2) is 235 Å². The van der Waals surface area contributed by atoms with E-state index in [4.69, 9.17) is 9.40 Å². The molecular formula is C59H38N2OS. The average Bonchev–Trinajstić information content (AvgIpc) is 3.97. The van der Waals surface area contributed by atoms with Crippen molar-refractivity contribution in [2.45, 2.75) is 0 Å². The average molecular weight is 823 g/mol. The van der Waals surface area contributed by atoms with Gasteiger partial charge in [0.2, 0.25) is 5.89 Å². The second-order valence-corrected chi connectivity index (χ2v) is 17.1. The van der Waals surface area contributed by atoms with Crippen LogP contribution in [0.3, 0.4) is 0 Å². The number of para-hydroxylation sites is 2. The van der Waals surface area contributed by atoms with Gasteiger partial charge >= 0.3 is 0 Å². The number of benzene rings is 10. The van der Waals surface area contributed by atoms with Crippen molar-refractivity contribution in [1.82, 2.24) is 4.98 Å². The van der Waals surface area contributed by atoms with Crippen molar-refractivity contribution < 1.29 is 4.42 Å². The quantitative estimate of drug-likeness (QED) is 0.153. The lowest BCUT2D eigenvalue weighted by Crippen LogP contribution is -2.09. The van der Waals surface area contributed by atoms with E-state index in [1.165, 1.54) is 69.9 Å². The minimum atomic E-state index is 0.612. The van der Waals surface area contributed by atoms with E-state index in [0.717, 1.165) is 39.3 Å². The Morgan fingerprint density at radius 3 is 1.40 bits per heavy atom. The van der Waals surface area contributed by atoms with Gasteiger partial charge in [0.1, 0.15) is 5.52 Å².